The Labute approximate surface area is 125 Å². The van der Waals surface area contributed by atoms with E-state index in [9.17, 15) is 8.42 Å². The summed E-state index contributed by atoms with van der Waals surface area (Å²) in [5.74, 6) is 0.527. The summed E-state index contributed by atoms with van der Waals surface area (Å²) in [5, 5.41) is 0. The van der Waals surface area contributed by atoms with Gasteiger partial charge in [-0.25, -0.2) is 8.42 Å². The highest BCUT2D eigenvalue weighted by Crippen LogP contribution is 2.38. The molecule has 0 aliphatic rings. The normalized spacial score (nSPS) is 12.2. The Morgan fingerprint density at radius 1 is 1.24 bits per heavy atom. The van der Waals surface area contributed by atoms with E-state index in [1.165, 1.54) is 7.11 Å². The number of anilines is 1. The van der Waals surface area contributed by atoms with E-state index >= 15 is 0 Å². The monoisotopic (exact) mass is 450 g/mol. The third-order valence-corrected chi connectivity index (χ3v) is 6.55. The topological polar surface area (TPSA) is 67.4 Å². The number of ether oxygens (including phenoxy) is 1. The molecule has 0 bridgehead atoms. The Kier molecular flexibility index (Phi) is 5.26. The van der Waals surface area contributed by atoms with Gasteiger partial charge >= 0.3 is 0 Å². The molecule has 0 heterocycles. The van der Waals surface area contributed by atoms with Crippen molar-refractivity contribution in [3.05, 3.63) is 24.3 Å². The highest BCUT2D eigenvalue weighted by atomic mass is 80.0. The fraction of sp³-hybridized carbons (Fsp3) is 0.250. The van der Waals surface area contributed by atoms with Gasteiger partial charge in [-0.05, 0) is 59.9 Å². The van der Waals surface area contributed by atoms with Crippen LogP contribution in [-0.2, 0) is 10.0 Å². The van der Waals surface area contributed by atoms with Crippen molar-refractivity contribution in [3.63, 3.8) is 0 Å². The lowest BCUT2D eigenvalue weighted by Crippen LogP contribution is -2.37. The molecule has 0 aromatic heterocycles. The van der Waals surface area contributed by atoms with Crippen LogP contribution in [0.25, 0.3) is 0 Å². The molecule has 0 aliphatic heterocycles. The molecule has 96 valence electrons. The summed E-state index contributed by atoms with van der Waals surface area (Å²) in [7, 11) is -2.19. The third-order valence-electron chi connectivity index (χ3n) is 1.73. The number of halogens is 3. The van der Waals surface area contributed by atoms with Crippen LogP contribution in [-0.4, -0.2) is 17.0 Å². The second-order valence-corrected chi connectivity index (χ2v) is 13.0. The van der Waals surface area contributed by atoms with Gasteiger partial charge in [0.05, 0.1) is 12.8 Å². The largest absolute Gasteiger partial charge is 0.495 e. The number of benzene rings is 1. The van der Waals surface area contributed by atoms with E-state index in [1.54, 1.807) is 24.3 Å². The summed E-state index contributed by atoms with van der Waals surface area (Å²) in [6, 6.07) is 6.92. The van der Waals surface area contributed by atoms with Crippen molar-refractivity contribution in [3.8, 4) is 5.75 Å². The zero-order valence-electron chi connectivity index (χ0n) is 8.58. The minimum atomic E-state index is -3.69. The second kappa shape index (κ2) is 5.87. The molecular formula is C8H9Br3N2O3S. The van der Waals surface area contributed by atoms with Gasteiger partial charge in [-0.2, -0.15) is 0 Å². The number of sulfonamides is 1. The number of methoxy groups -OCH3 is 1. The predicted molar refractivity (Wildman–Crippen MR) is 78.2 cm³/mol. The van der Waals surface area contributed by atoms with Crippen molar-refractivity contribution in [1.29, 1.82) is 0 Å². The molecule has 0 amide bonds. The Morgan fingerprint density at radius 2 is 1.82 bits per heavy atom. The van der Waals surface area contributed by atoms with Crippen LogP contribution in [0.2, 0.25) is 0 Å². The first-order valence-electron chi connectivity index (χ1n) is 4.25. The van der Waals surface area contributed by atoms with E-state index < -0.39 is 11.5 Å². The molecule has 0 aliphatic carbocycles. The van der Waals surface area contributed by atoms with Crippen molar-refractivity contribution in [2.45, 2.75) is 1.47 Å². The van der Waals surface area contributed by atoms with E-state index in [4.69, 9.17) is 4.74 Å². The van der Waals surface area contributed by atoms with Gasteiger partial charge in [-0.3, -0.25) is 0 Å². The number of hydrogen-bond donors (Lipinski definition) is 2. The van der Waals surface area contributed by atoms with Gasteiger partial charge in [0, 0.05) is 0 Å². The smallest absolute Gasteiger partial charge is 0.264 e. The van der Waals surface area contributed by atoms with Crippen LogP contribution in [0.15, 0.2) is 24.3 Å². The molecular weight excluding hydrogens is 444 g/mol. The highest BCUT2D eigenvalue weighted by Gasteiger charge is 2.35. The van der Waals surface area contributed by atoms with Gasteiger partial charge in [0.15, 0.2) is 0 Å². The minimum absolute atomic E-state index is 0.510. The zero-order chi connectivity index (χ0) is 13.1. The lowest BCUT2D eigenvalue weighted by molar-refractivity contribution is 0.416. The van der Waals surface area contributed by atoms with E-state index in [-0.39, 0.29) is 0 Å². The van der Waals surface area contributed by atoms with Gasteiger partial charge in [-0.1, -0.05) is 12.1 Å². The lowest BCUT2D eigenvalue weighted by Gasteiger charge is -2.16. The fourth-order valence-corrected chi connectivity index (χ4v) is 2.02. The Bertz CT molecular complexity index is 487. The van der Waals surface area contributed by atoms with E-state index in [2.05, 4.69) is 58.0 Å². The van der Waals surface area contributed by atoms with Crippen molar-refractivity contribution in [2.24, 2.45) is 0 Å². The number of rotatable bonds is 4. The predicted octanol–water partition coefficient (Wildman–Crippen LogP) is 2.74. The molecule has 1 aromatic rings. The maximum Gasteiger partial charge on any atom is 0.264 e. The summed E-state index contributed by atoms with van der Waals surface area (Å²) >= 11 is 8.76. The first-order chi connectivity index (χ1) is 7.78. The molecule has 5 nitrogen and oxygen atoms in total. The van der Waals surface area contributed by atoms with Crippen LogP contribution in [0.5, 0.6) is 5.75 Å². The SMILES string of the molecule is COc1ccccc1NNS(=O)(=O)C(Br)(Br)Br. The van der Waals surface area contributed by atoms with Gasteiger partial charge in [0.2, 0.25) is 1.47 Å². The quantitative estimate of drug-likeness (QED) is 0.544. The third kappa shape index (κ3) is 4.09. The van der Waals surface area contributed by atoms with Crippen LogP contribution < -0.4 is 15.0 Å². The van der Waals surface area contributed by atoms with Gasteiger partial charge in [0.25, 0.3) is 10.0 Å². The van der Waals surface area contributed by atoms with E-state index in [1.807, 2.05) is 0 Å². The zero-order valence-corrected chi connectivity index (χ0v) is 14.2. The van der Waals surface area contributed by atoms with Crippen molar-refractivity contribution in [2.75, 3.05) is 12.5 Å². The number of para-hydroxylation sites is 2. The van der Waals surface area contributed by atoms with Crippen LogP contribution in [0.1, 0.15) is 0 Å². The summed E-state index contributed by atoms with van der Waals surface area (Å²) in [6.45, 7) is 0. The fourth-order valence-electron chi connectivity index (χ4n) is 0.928. The molecule has 17 heavy (non-hydrogen) atoms. The van der Waals surface area contributed by atoms with Crippen LogP contribution >= 0.6 is 47.8 Å². The Hall–Kier alpha value is 0.170. The summed E-state index contributed by atoms with van der Waals surface area (Å²) in [4.78, 5) is 2.19. The van der Waals surface area contributed by atoms with E-state index in [0.717, 1.165) is 0 Å². The number of hydrazine groups is 1. The standard InChI is InChI=1S/C8H9Br3N2O3S/c1-16-7-5-3-2-4-6(7)12-13-17(14,15)8(9,10)11/h2-5,12-13H,1H3. The van der Waals surface area contributed by atoms with Crippen LogP contribution in [0, 0.1) is 0 Å². The van der Waals surface area contributed by atoms with Crippen LogP contribution in [0.3, 0.4) is 0 Å². The first kappa shape index (κ1) is 15.2. The Morgan fingerprint density at radius 3 is 2.35 bits per heavy atom. The van der Waals surface area contributed by atoms with Gasteiger partial charge in [0.1, 0.15) is 5.75 Å². The van der Waals surface area contributed by atoms with Crippen molar-refractivity contribution >= 4 is 63.5 Å². The lowest BCUT2D eigenvalue weighted by atomic mass is 10.3. The number of nitrogens with one attached hydrogen (secondary N) is 2. The molecule has 0 unspecified atom stereocenters. The molecule has 1 rings (SSSR count). The minimum Gasteiger partial charge on any atom is -0.495 e. The molecule has 2 N–H and O–H groups in total. The molecule has 0 saturated heterocycles. The van der Waals surface area contributed by atoms with Crippen molar-refractivity contribution < 1.29 is 13.2 Å². The molecule has 9 heteroatoms. The van der Waals surface area contributed by atoms with E-state index in [0.29, 0.717) is 11.4 Å². The van der Waals surface area contributed by atoms with Crippen LogP contribution in [0.4, 0.5) is 5.69 Å². The molecule has 1 aromatic carbocycles. The first-order valence-corrected chi connectivity index (χ1v) is 8.11. The maximum absolute atomic E-state index is 11.7. The summed E-state index contributed by atoms with van der Waals surface area (Å²) in [6.07, 6.45) is 0. The van der Waals surface area contributed by atoms with Crippen molar-refractivity contribution in [1.82, 2.24) is 4.83 Å². The summed E-state index contributed by atoms with van der Waals surface area (Å²) < 4.78 is 27.0. The number of alkyl halides is 3. The molecule has 0 spiro atoms. The number of hydrogen-bond acceptors (Lipinski definition) is 4. The maximum atomic E-state index is 11.7. The highest BCUT2D eigenvalue weighted by molar-refractivity contribution is 9.42. The summed E-state index contributed by atoms with van der Waals surface area (Å²) in [5.41, 5.74) is 3.07. The molecule has 0 fully saturated rings. The molecule has 0 saturated carbocycles. The van der Waals surface area contributed by atoms with Gasteiger partial charge < -0.3 is 10.2 Å². The second-order valence-electron chi connectivity index (χ2n) is 2.88. The average Bonchev–Trinajstić information content (AvgIpc) is 2.25. The average molecular weight is 453 g/mol. The van der Waals surface area contributed by atoms with Gasteiger partial charge in [-0.15, -0.1) is 4.83 Å². The molecule has 0 radical (unpaired) electrons. The molecule has 0 atom stereocenters. The Balaban J connectivity index is 2.82.